The Hall–Kier alpha value is -2.37. The molecule has 1 heterocycles. The maximum atomic E-state index is 9.62. The number of benzene rings is 2. The Labute approximate surface area is 138 Å². The summed E-state index contributed by atoms with van der Waals surface area (Å²) in [6, 6.07) is 10.0. The van der Waals surface area contributed by atoms with Crippen LogP contribution < -0.4 is 9.64 Å². The van der Waals surface area contributed by atoms with E-state index >= 15 is 0 Å². The highest BCUT2D eigenvalue weighted by Crippen LogP contribution is 2.41. The number of phenolic OH excluding ortho intramolecular Hbond substituents is 2. The zero-order valence-corrected chi connectivity index (χ0v) is 13.2. The van der Waals surface area contributed by atoms with Crippen LogP contribution >= 0.6 is 11.6 Å². The normalized spacial score (nSPS) is 14.9. The predicted octanol–water partition coefficient (Wildman–Crippen LogP) is 3.60. The number of aromatic hydroxyl groups is 2. The number of anilines is 1. The molecule has 0 saturated heterocycles. The van der Waals surface area contributed by atoms with Crippen LogP contribution in [0.15, 0.2) is 42.3 Å². The minimum atomic E-state index is -0.179. The van der Waals surface area contributed by atoms with Crippen molar-refractivity contribution in [3.05, 3.63) is 52.9 Å². The first-order valence-electron chi connectivity index (χ1n) is 7.06. The lowest BCUT2D eigenvalue weighted by molar-refractivity contribution is 0.205. The molecule has 0 spiro atoms. The Balaban J connectivity index is 1.96. The Morgan fingerprint density at radius 2 is 2.00 bits per heavy atom. The van der Waals surface area contributed by atoms with E-state index in [-0.39, 0.29) is 11.5 Å². The fourth-order valence-corrected chi connectivity index (χ4v) is 2.53. The van der Waals surface area contributed by atoms with Gasteiger partial charge in [-0.2, -0.15) is 0 Å². The van der Waals surface area contributed by atoms with Crippen LogP contribution in [-0.4, -0.2) is 30.5 Å². The standard InChI is InChI=1S/C17H16ClNO4/c1-22-7-6-19-13-4-3-12(18)10-16(13)23-17(19)9-11-2-5-14(20)15(21)8-11/h2-5,8-10,20-21H,6-7H2,1H3/b17-9-. The van der Waals surface area contributed by atoms with Crippen molar-refractivity contribution in [1.29, 1.82) is 0 Å². The van der Waals surface area contributed by atoms with Crippen LogP contribution in [0.4, 0.5) is 5.69 Å². The lowest BCUT2D eigenvalue weighted by Gasteiger charge is -2.17. The van der Waals surface area contributed by atoms with Gasteiger partial charge in [0.15, 0.2) is 17.2 Å². The minimum absolute atomic E-state index is 0.161. The van der Waals surface area contributed by atoms with E-state index in [0.29, 0.717) is 35.4 Å². The predicted molar refractivity (Wildman–Crippen MR) is 89.1 cm³/mol. The Kier molecular flexibility index (Phi) is 4.32. The number of phenols is 2. The first-order chi connectivity index (χ1) is 11.1. The van der Waals surface area contributed by atoms with E-state index in [0.717, 1.165) is 5.69 Å². The second-order valence-corrected chi connectivity index (χ2v) is 5.53. The average Bonchev–Trinajstić information content (AvgIpc) is 2.85. The van der Waals surface area contributed by atoms with Gasteiger partial charge in [0.25, 0.3) is 0 Å². The molecular weight excluding hydrogens is 318 g/mol. The first-order valence-corrected chi connectivity index (χ1v) is 7.44. The van der Waals surface area contributed by atoms with Gasteiger partial charge in [-0.1, -0.05) is 17.7 Å². The molecule has 6 heteroatoms. The molecule has 2 N–H and O–H groups in total. The van der Waals surface area contributed by atoms with Crippen LogP contribution in [0.2, 0.25) is 5.02 Å². The number of rotatable bonds is 4. The van der Waals surface area contributed by atoms with Crippen LogP contribution in [0.25, 0.3) is 6.08 Å². The number of hydrogen-bond acceptors (Lipinski definition) is 5. The number of methoxy groups -OCH3 is 1. The zero-order chi connectivity index (χ0) is 16.4. The van der Waals surface area contributed by atoms with Crippen LogP contribution in [-0.2, 0) is 4.74 Å². The number of halogens is 1. The van der Waals surface area contributed by atoms with Gasteiger partial charge in [-0.25, -0.2) is 0 Å². The molecule has 120 valence electrons. The van der Waals surface area contributed by atoms with Crippen molar-refractivity contribution in [2.75, 3.05) is 25.2 Å². The maximum Gasteiger partial charge on any atom is 0.201 e. The molecule has 0 aromatic heterocycles. The zero-order valence-electron chi connectivity index (χ0n) is 12.5. The second-order valence-electron chi connectivity index (χ2n) is 5.09. The van der Waals surface area contributed by atoms with Gasteiger partial charge in [0.2, 0.25) is 5.88 Å². The molecule has 0 atom stereocenters. The summed E-state index contributed by atoms with van der Waals surface area (Å²) in [6.45, 7) is 1.14. The van der Waals surface area contributed by atoms with E-state index in [2.05, 4.69) is 0 Å². The summed E-state index contributed by atoms with van der Waals surface area (Å²) in [5, 5.41) is 19.6. The van der Waals surface area contributed by atoms with Crippen LogP contribution in [0.3, 0.4) is 0 Å². The summed E-state index contributed by atoms with van der Waals surface area (Å²) >= 11 is 6.02. The molecule has 1 aliphatic rings. The van der Waals surface area contributed by atoms with Crippen molar-refractivity contribution in [3.63, 3.8) is 0 Å². The molecule has 23 heavy (non-hydrogen) atoms. The molecule has 0 fully saturated rings. The monoisotopic (exact) mass is 333 g/mol. The first kappa shape index (κ1) is 15.5. The van der Waals surface area contributed by atoms with Crippen LogP contribution in [0.1, 0.15) is 5.56 Å². The SMILES string of the molecule is COCCN1/C(=C/c2ccc(O)c(O)c2)Oc2cc(Cl)ccc21. The smallest absolute Gasteiger partial charge is 0.201 e. The van der Waals surface area contributed by atoms with E-state index in [1.807, 2.05) is 11.0 Å². The summed E-state index contributed by atoms with van der Waals surface area (Å²) in [7, 11) is 1.64. The summed E-state index contributed by atoms with van der Waals surface area (Å²) < 4.78 is 11.0. The van der Waals surface area contributed by atoms with E-state index in [1.54, 1.807) is 31.4 Å². The lowest BCUT2D eigenvalue weighted by atomic mass is 10.2. The molecule has 0 saturated carbocycles. The third-order valence-electron chi connectivity index (χ3n) is 3.50. The molecule has 0 unspecified atom stereocenters. The maximum absolute atomic E-state index is 9.62. The fourth-order valence-electron chi connectivity index (χ4n) is 2.37. The lowest BCUT2D eigenvalue weighted by Crippen LogP contribution is -2.24. The molecule has 3 rings (SSSR count). The third-order valence-corrected chi connectivity index (χ3v) is 3.74. The van der Waals surface area contributed by atoms with E-state index in [9.17, 15) is 10.2 Å². The molecule has 0 amide bonds. The molecule has 5 nitrogen and oxygen atoms in total. The molecule has 0 aliphatic carbocycles. The number of ether oxygens (including phenoxy) is 2. The Morgan fingerprint density at radius 3 is 2.74 bits per heavy atom. The van der Waals surface area contributed by atoms with Gasteiger partial charge < -0.3 is 24.6 Å². The summed E-state index contributed by atoms with van der Waals surface area (Å²) in [6.07, 6.45) is 1.78. The molecular formula is C17H16ClNO4. The van der Waals surface area contributed by atoms with Gasteiger partial charge in [-0.15, -0.1) is 0 Å². The van der Waals surface area contributed by atoms with Gasteiger partial charge in [-0.05, 0) is 29.8 Å². The third kappa shape index (κ3) is 3.21. The van der Waals surface area contributed by atoms with Crippen molar-refractivity contribution in [2.24, 2.45) is 0 Å². The largest absolute Gasteiger partial charge is 0.504 e. The van der Waals surface area contributed by atoms with E-state index in [4.69, 9.17) is 21.1 Å². The van der Waals surface area contributed by atoms with Crippen LogP contribution in [0.5, 0.6) is 17.2 Å². The second kappa shape index (κ2) is 6.40. The topological polar surface area (TPSA) is 62.2 Å². The summed E-state index contributed by atoms with van der Waals surface area (Å²) in [5.74, 6) is 0.930. The van der Waals surface area contributed by atoms with Gasteiger partial charge in [0.1, 0.15) is 0 Å². The van der Waals surface area contributed by atoms with Crippen molar-refractivity contribution >= 4 is 23.4 Å². The highest BCUT2D eigenvalue weighted by Gasteiger charge is 2.26. The van der Waals surface area contributed by atoms with Gasteiger partial charge in [0.05, 0.1) is 12.3 Å². The van der Waals surface area contributed by atoms with Gasteiger partial charge in [0, 0.05) is 30.8 Å². The number of hydrogen-bond donors (Lipinski definition) is 2. The number of fused-ring (bicyclic) bond motifs is 1. The summed E-state index contributed by atoms with van der Waals surface area (Å²) in [5.41, 5.74) is 1.61. The highest BCUT2D eigenvalue weighted by molar-refractivity contribution is 6.30. The van der Waals surface area contributed by atoms with Crippen LogP contribution in [0, 0.1) is 0 Å². The van der Waals surface area contributed by atoms with Crippen molar-refractivity contribution in [2.45, 2.75) is 0 Å². The molecule has 1 aliphatic heterocycles. The Bertz CT molecular complexity index is 760. The molecule has 2 aromatic rings. The minimum Gasteiger partial charge on any atom is -0.504 e. The molecule has 0 radical (unpaired) electrons. The highest BCUT2D eigenvalue weighted by atomic mass is 35.5. The van der Waals surface area contributed by atoms with Crippen molar-refractivity contribution in [1.82, 2.24) is 0 Å². The summed E-state index contributed by atoms with van der Waals surface area (Å²) in [4.78, 5) is 1.97. The molecule has 0 bridgehead atoms. The Morgan fingerprint density at radius 1 is 1.17 bits per heavy atom. The van der Waals surface area contributed by atoms with E-state index in [1.165, 1.54) is 12.1 Å². The average molecular weight is 334 g/mol. The number of nitrogens with zero attached hydrogens (tertiary/aromatic N) is 1. The van der Waals surface area contributed by atoms with E-state index < -0.39 is 0 Å². The van der Waals surface area contributed by atoms with Gasteiger partial charge in [-0.3, -0.25) is 0 Å². The van der Waals surface area contributed by atoms with Crippen molar-refractivity contribution in [3.8, 4) is 17.2 Å². The fraction of sp³-hybridized carbons (Fsp3) is 0.176. The van der Waals surface area contributed by atoms with Crippen molar-refractivity contribution < 1.29 is 19.7 Å². The molecule has 2 aromatic carbocycles. The van der Waals surface area contributed by atoms with Gasteiger partial charge >= 0.3 is 0 Å². The quantitative estimate of drug-likeness (QED) is 0.837.